The average Bonchev–Trinajstić information content (AvgIpc) is 2.97. The Bertz CT molecular complexity index is 900. The third-order valence-electron chi connectivity index (χ3n) is 3.47. The molecular formula is C17H13N3O. The van der Waals surface area contributed by atoms with Gasteiger partial charge < -0.3 is 4.84 Å². The molecule has 0 saturated heterocycles. The maximum absolute atomic E-state index is 5.82. The molecule has 0 fully saturated rings. The first kappa shape index (κ1) is 11.9. The van der Waals surface area contributed by atoms with Gasteiger partial charge in [-0.1, -0.05) is 59.4 Å². The lowest BCUT2D eigenvalue weighted by atomic mass is 10.1. The molecule has 0 aliphatic rings. The monoisotopic (exact) mass is 275 g/mol. The summed E-state index contributed by atoms with van der Waals surface area (Å²) in [6.45, 7) is 0.473. The Hall–Kier alpha value is -2.88. The zero-order valence-corrected chi connectivity index (χ0v) is 11.3. The molecule has 0 bridgehead atoms. The third-order valence-corrected chi connectivity index (χ3v) is 3.47. The molecule has 0 spiro atoms. The smallest absolute Gasteiger partial charge is 0.142 e. The van der Waals surface area contributed by atoms with Crippen molar-refractivity contribution in [3.8, 4) is 0 Å². The van der Waals surface area contributed by atoms with Crippen LogP contribution in [0.1, 0.15) is 5.56 Å². The van der Waals surface area contributed by atoms with E-state index in [1.54, 1.807) is 11.0 Å². The second kappa shape index (κ2) is 4.90. The summed E-state index contributed by atoms with van der Waals surface area (Å²) in [5.74, 6) is 0. The molecule has 0 amide bonds. The van der Waals surface area contributed by atoms with Crippen molar-refractivity contribution >= 4 is 21.8 Å². The first-order chi connectivity index (χ1) is 10.4. The third kappa shape index (κ3) is 2.10. The minimum atomic E-state index is 0.473. The van der Waals surface area contributed by atoms with Crippen LogP contribution in [0.25, 0.3) is 21.8 Å². The minimum absolute atomic E-state index is 0.473. The van der Waals surface area contributed by atoms with Gasteiger partial charge in [0.05, 0.1) is 6.20 Å². The average molecular weight is 275 g/mol. The van der Waals surface area contributed by atoms with Crippen molar-refractivity contribution < 1.29 is 4.84 Å². The SMILES string of the molecule is c1ccc(COn2ncc3ncc4ccccc4c32)cc1. The molecule has 4 nitrogen and oxygen atoms in total. The number of rotatable bonds is 3. The summed E-state index contributed by atoms with van der Waals surface area (Å²) in [4.78, 5) is 11.8. The van der Waals surface area contributed by atoms with E-state index in [2.05, 4.69) is 16.1 Å². The van der Waals surface area contributed by atoms with Gasteiger partial charge >= 0.3 is 0 Å². The van der Waals surface area contributed by atoms with Crippen LogP contribution in [0, 0.1) is 0 Å². The van der Waals surface area contributed by atoms with Crippen LogP contribution in [0.15, 0.2) is 67.0 Å². The van der Waals surface area contributed by atoms with Gasteiger partial charge in [0.15, 0.2) is 0 Å². The summed E-state index contributed by atoms with van der Waals surface area (Å²) < 4.78 is 0. The molecule has 21 heavy (non-hydrogen) atoms. The Kier molecular flexibility index (Phi) is 2.78. The number of benzene rings is 2. The predicted octanol–water partition coefficient (Wildman–Crippen LogP) is 3.21. The second-order valence-electron chi connectivity index (χ2n) is 4.86. The van der Waals surface area contributed by atoms with Gasteiger partial charge in [0.2, 0.25) is 0 Å². The highest BCUT2D eigenvalue weighted by molar-refractivity contribution is 6.02. The zero-order chi connectivity index (χ0) is 14.1. The minimum Gasteiger partial charge on any atom is -0.391 e. The number of pyridine rings is 1. The van der Waals surface area contributed by atoms with E-state index in [4.69, 9.17) is 4.84 Å². The fourth-order valence-electron chi connectivity index (χ4n) is 2.43. The van der Waals surface area contributed by atoms with Crippen molar-refractivity contribution in [2.24, 2.45) is 0 Å². The van der Waals surface area contributed by atoms with E-state index in [-0.39, 0.29) is 0 Å². The van der Waals surface area contributed by atoms with Crippen molar-refractivity contribution in [1.29, 1.82) is 0 Å². The summed E-state index contributed by atoms with van der Waals surface area (Å²) in [5.41, 5.74) is 2.85. The Morgan fingerprint density at radius 1 is 0.905 bits per heavy atom. The summed E-state index contributed by atoms with van der Waals surface area (Å²) in [7, 11) is 0. The second-order valence-corrected chi connectivity index (χ2v) is 4.86. The van der Waals surface area contributed by atoms with E-state index in [0.717, 1.165) is 27.4 Å². The first-order valence-corrected chi connectivity index (χ1v) is 6.80. The highest BCUT2D eigenvalue weighted by Gasteiger charge is 2.09. The summed E-state index contributed by atoms with van der Waals surface area (Å²) in [5, 5.41) is 6.46. The molecule has 4 aromatic rings. The highest BCUT2D eigenvalue weighted by atomic mass is 16.7. The van der Waals surface area contributed by atoms with Crippen molar-refractivity contribution in [2.75, 3.05) is 0 Å². The largest absolute Gasteiger partial charge is 0.391 e. The molecule has 0 unspecified atom stereocenters. The van der Waals surface area contributed by atoms with E-state index in [1.807, 2.05) is 54.7 Å². The van der Waals surface area contributed by atoms with Gasteiger partial charge in [-0.05, 0) is 5.56 Å². The molecule has 2 aromatic heterocycles. The molecule has 0 radical (unpaired) electrons. The lowest BCUT2D eigenvalue weighted by Gasteiger charge is -2.07. The first-order valence-electron chi connectivity index (χ1n) is 6.80. The van der Waals surface area contributed by atoms with Gasteiger partial charge in [-0.25, -0.2) is 0 Å². The van der Waals surface area contributed by atoms with Gasteiger partial charge in [-0.2, -0.15) is 0 Å². The van der Waals surface area contributed by atoms with Crippen molar-refractivity contribution in [3.63, 3.8) is 0 Å². The van der Waals surface area contributed by atoms with Gasteiger partial charge in [0.25, 0.3) is 0 Å². The zero-order valence-electron chi connectivity index (χ0n) is 11.3. The predicted molar refractivity (Wildman–Crippen MR) is 81.8 cm³/mol. The summed E-state index contributed by atoms with van der Waals surface area (Å²) in [6, 6.07) is 18.2. The van der Waals surface area contributed by atoms with Crippen LogP contribution in [-0.2, 0) is 6.61 Å². The van der Waals surface area contributed by atoms with Gasteiger partial charge in [-0.3, -0.25) is 4.98 Å². The summed E-state index contributed by atoms with van der Waals surface area (Å²) >= 11 is 0. The maximum atomic E-state index is 5.82. The van der Waals surface area contributed by atoms with Gasteiger partial charge in [-0.15, -0.1) is 5.10 Å². The van der Waals surface area contributed by atoms with E-state index < -0.39 is 0 Å². The van der Waals surface area contributed by atoms with E-state index in [1.165, 1.54) is 0 Å². The van der Waals surface area contributed by atoms with Gasteiger partial charge in [0.1, 0.15) is 17.6 Å². The van der Waals surface area contributed by atoms with Crippen LogP contribution in [0.5, 0.6) is 0 Å². The van der Waals surface area contributed by atoms with Crippen LogP contribution in [0.2, 0.25) is 0 Å². The van der Waals surface area contributed by atoms with Crippen LogP contribution in [-0.4, -0.2) is 14.9 Å². The number of nitrogens with zero attached hydrogens (tertiary/aromatic N) is 3. The summed E-state index contributed by atoms with van der Waals surface area (Å²) in [6.07, 6.45) is 3.59. The topological polar surface area (TPSA) is 39.9 Å². The van der Waals surface area contributed by atoms with Crippen LogP contribution in [0.4, 0.5) is 0 Å². The molecule has 0 aliphatic carbocycles. The molecule has 102 valence electrons. The lowest BCUT2D eigenvalue weighted by Crippen LogP contribution is -2.12. The Morgan fingerprint density at radius 2 is 1.71 bits per heavy atom. The number of hydrogen-bond donors (Lipinski definition) is 0. The fraction of sp³-hybridized carbons (Fsp3) is 0.0588. The Labute approximate surface area is 121 Å². The maximum Gasteiger partial charge on any atom is 0.142 e. The standard InChI is InChI=1S/C17H13N3O/c1-2-6-13(7-3-1)12-21-20-17-15-9-5-4-8-14(15)10-18-16(17)11-19-20/h1-11H,12H2. The molecular weight excluding hydrogens is 262 g/mol. The molecule has 4 rings (SSSR count). The van der Waals surface area contributed by atoms with Gasteiger partial charge in [0, 0.05) is 17.0 Å². The quantitative estimate of drug-likeness (QED) is 0.576. The number of fused-ring (bicyclic) bond motifs is 3. The highest BCUT2D eigenvalue weighted by Crippen LogP contribution is 2.22. The van der Waals surface area contributed by atoms with Crippen LogP contribution < -0.4 is 4.84 Å². The van der Waals surface area contributed by atoms with E-state index in [0.29, 0.717) is 6.61 Å². The van der Waals surface area contributed by atoms with Crippen LogP contribution in [0.3, 0.4) is 0 Å². The Balaban J connectivity index is 1.77. The Morgan fingerprint density at radius 3 is 2.62 bits per heavy atom. The normalized spacial score (nSPS) is 11.0. The van der Waals surface area contributed by atoms with Crippen molar-refractivity contribution in [1.82, 2.24) is 14.9 Å². The van der Waals surface area contributed by atoms with Crippen molar-refractivity contribution in [2.45, 2.75) is 6.61 Å². The van der Waals surface area contributed by atoms with Crippen molar-refractivity contribution in [3.05, 3.63) is 72.6 Å². The molecule has 4 heteroatoms. The molecule has 0 aliphatic heterocycles. The molecule has 0 saturated carbocycles. The molecule has 2 heterocycles. The fourth-order valence-corrected chi connectivity index (χ4v) is 2.43. The number of hydrogen-bond acceptors (Lipinski definition) is 3. The number of aromatic nitrogens is 3. The molecule has 0 atom stereocenters. The molecule has 2 aromatic carbocycles. The lowest BCUT2D eigenvalue weighted by molar-refractivity contribution is 0.0799. The van der Waals surface area contributed by atoms with Crippen LogP contribution >= 0.6 is 0 Å². The van der Waals surface area contributed by atoms with E-state index in [9.17, 15) is 0 Å². The van der Waals surface area contributed by atoms with E-state index >= 15 is 0 Å². The molecule has 0 N–H and O–H groups in total.